The third-order valence-electron chi connectivity index (χ3n) is 3.00. The third-order valence-corrected chi connectivity index (χ3v) is 3.73. The van der Waals surface area contributed by atoms with Crippen molar-refractivity contribution in [1.82, 2.24) is 9.97 Å². The maximum Gasteiger partial charge on any atom is 0.145 e. The van der Waals surface area contributed by atoms with Crippen molar-refractivity contribution in [3.63, 3.8) is 0 Å². The van der Waals surface area contributed by atoms with Crippen molar-refractivity contribution in [3.8, 4) is 0 Å². The molecule has 98 valence electrons. The Morgan fingerprint density at radius 3 is 2.83 bits per heavy atom. The third kappa shape index (κ3) is 2.47. The van der Waals surface area contributed by atoms with Gasteiger partial charge in [-0.3, -0.25) is 0 Å². The average Bonchev–Trinajstić information content (AvgIpc) is 2.82. The molecule has 2 heterocycles. The number of hydrogen-bond donors (Lipinski definition) is 0. The number of rotatable bonds is 5. The van der Waals surface area contributed by atoms with Gasteiger partial charge in [-0.25, -0.2) is 9.97 Å². The van der Waals surface area contributed by atoms with Gasteiger partial charge in [0, 0.05) is 26.9 Å². The molecule has 0 N–H and O–H groups in total. The van der Waals surface area contributed by atoms with Crippen LogP contribution in [0.5, 0.6) is 0 Å². The molecule has 0 aromatic carbocycles. The van der Waals surface area contributed by atoms with E-state index < -0.39 is 0 Å². The Morgan fingerprint density at radius 1 is 1.39 bits per heavy atom. The van der Waals surface area contributed by atoms with E-state index in [2.05, 4.69) is 35.8 Å². The van der Waals surface area contributed by atoms with E-state index in [9.17, 15) is 0 Å². The monoisotopic (exact) mass is 265 g/mol. The molecule has 2 aromatic rings. The number of aromatic nitrogens is 2. The number of thiazole rings is 1. The summed E-state index contributed by atoms with van der Waals surface area (Å²) in [5.74, 6) is 0.434. The molecule has 5 heteroatoms. The molecule has 0 aliphatic heterocycles. The predicted octanol–water partition coefficient (Wildman–Crippen LogP) is 2.90. The lowest BCUT2D eigenvalue weighted by Gasteiger charge is -2.23. The first-order valence-electron chi connectivity index (χ1n) is 6.07. The maximum absolute atomic E-state index is 5.15. The van der Waals surface area contributed by atoms with Gasteiger partial charge in [-0.2, -0.15) is 0 Å². The van der Waals surface area contributed by atoms with E-state index in [-0.39, 0.29) is 0 Å². The van der Waals surface area contributed by atoms with Crippen LogP contribution in [0.25, 0.3) is 10.3 Å². The summed E-state index contributed by atoms with van der Waals surface area (Å²) in [6.45, 7) is 5.93. The fourth-order valence-electron chi connectivity index (χ4n) is 1.98. The van der Waals surface area contributed by atoms with Gasteiger partial charge in [0.25, 0.3) is 0 Å². The van der Waals surface area contributed by atoms with Crippen LogP contribution in [0.4, 0.5) is 5.69 Å². The normalized spacial score (nSPS) is 11.4. The Morgan fingerprint density at radius 2 is 2.17 bits per heavy atom. The molecule has 18 heavy (non-hydrogen) atoms. The van der Waals surface area contributed by atoms with Gasteiger partial charge < -0.3 is 9.64 Å². The van der Waals surface area contributed by atoms with Gasteiger partial charge in [0.2, 0.25) is 0 Å². The SMILES string of the molecule is COCCN(C)c1c(C(C)C)cnc2scnc12. The fraction of sp³-hybridized carbons (Fsp3) is 0.538. The molecule has 0 saturated heterocycles. The summed E-state index contributed by atoms with van der Waals surface area (Å²) in [6.07, 6.45) is 1.98. The maximum atomic E-state index is 5.15. The first kappa shape index (κ1) is 13.2. The van der Waals surface area contributed by atoms with E-state index in [0.717, 1.165) is 16.9 Å². The van der Waals surface area contributed by atoms with E-state index in [1.807, 2.05) is 11.7 Å². The van der Waals surface area contributed by atoms with Crippen LogP contribution in [-0.4, -0.2) is 37.3 Å². The van der Waals surface area contributed by atoms with E-state index in [1.165, 1.54) is 11.3 Å². The van der Waals surface area contributed by atoms with Crippen LogP contribution in [0.2, 0.25) is 0 Å². The molecule has 0 spiro atoms. The zero-order chi connectivity index (χ0) is 13.1. The molecule has 0 aliphatic carbocycles. The number of pyridine rings is 1. The highest BCUT2D eigenvalue weighted by Gasteiger charge is 2.16. The Kier molecular flexibility index (Phi) is 4.14. The molecular weight excluding hydrogens is 246 g/mol. The van der Waals surface area contributed by atoms with Crippen molar-refractivity contribution in [1.29, 1.82) is 0 Å². The number of methoxy groups -OCH3 is 1. The van der Waals surface area contributed by atoms with Crippen molar-refractivity contribution in [3.05, 3.63) is 17.3 Å². The van der Waals surface area contributed by atoms with Crippen LogP contribution in [0.3, 0.4) is 0 Å². The van der Waals surface area contributed by atoms with Crippen molar-refractivity contribution < 1.29 is 4.74 Å². The molecular formula is C13H19N3OS. The van der Waals surface area contributed by atoms with E-state index >= 15 is 0 Å². The van der Waals surface area contributed by atoms with E-state index in [1.54, 1.807) is 18.4 Å². The minimum atomic E-state index is 0.434. The first-order valence-corrected chi connectivity index (χ1v) is 6.95. The number of anilines is 1. The van der Waals surface area contributed by atoms with Gasteiger partial charge in [0.1, 0.15) is 10.3 Å². The lowest BCUT2D eigenvalue weighted by Crippen LogP contribution is -2.24. The number of ether oxygens (including phenoxy) is 1. The lowest BCUT2D eigenvalue weighted by atomic mass is 10.0. The topological polar surface area (TPSA) is 38.2 Å². The van der Waals surface area contributed by atoms with E-state index in [0.29, 0.717) is 12.5 Å². The summed E-state index contributed by atoms with van der Waals surface area (Å²) in [4.78, 5) is 12.2. The molecule has 0 amide bonds. The number of hydrogen-bond acceptors (Lipinski definition) is 5. The van der Waals surface area contributed by atoms with Crippen LogP contribution in [0.15, 0.2) is 11.7 Å². The highest BCUT2D eigenvalue weighted by atomic mass is 32.1. The largest absolute Gasteiger partial charge is 0.383 e. The second kappa shape index (κ2) is 5.63. The average molecular weight is 265 g/mol. The van der Waals surface area contributed by atoms with Crippen LogP contribution in [0, 0.1) is 0 Å². The molecule has 0 saturated carbocycles. The number of fused-ring (bicyclic) bond motifs is 1. The lowest BCUT2D eigenvalue weighted by molar-refractivity contribution is 0.206. The van der Waals surface area contributed by atoms with Crippen molar-refractivity contribution in [2.24, 2.45) is 0 Å². The smallest absolute Gasteiger partial charge is 0.145 e. The van der Waals surface area contributed by atoms with Gasteiger partial charge in [0.05, 0.1) is 17.8 Å². The minimum absolute atomic E-state index is 0.434. The minimum Gasteiger partial charge on any atom is -0.383 e. The summed E-state index contributed by atoms with van der Waals surface area (Å²) in [7, 11) is 3.81. The molecule has 0 unspecified atom stereocenters. The van der Waals surface area contributed by atoms with Crippen LogP contribution < -0.4 is 4.90 Å². The first-order chi connectivity index (χ1) is 8.65. The molecule has 4 nitrogen and oxygen atoms in total. The second-order valence-electron chi connectivity index (χ2n) is 4.64. The Balaban J connectivity index is 2.49. The molecule has 0 fully saturated rings. The van der Waals surface area contributed by atoms with Crippen LogP contribution >= 0.6 is 11.3 Å². The summed E-state index contributed by atoms with van der Waals surface area (Å²) in [5, 5.41) is 0. The molecule has 2 rings (SSSR count). The Labute approximate surface area is 112 Å². The van der Waals surface area contributed by atoms with Gasteiger partial charge >= 0.3 is 0 Å². The predicted molar refractivity (Wildman–Crippen MR) is 76.7 cm³/mol. The zero-order valence-corrected chi connectivity index (χ0v) is 12.1. The second-order valence-corrected chi connectivity index (χ2v) is 5.47. The quantitative estimate of drug-likeness (QED) is 0.833. The molecule has 0 atom stereocenters. The number of likely N-dealkylation sites (N-methyl/N-ethyl adjacent to an activating group) is 1. The molecule has 2 aromatic heterocycles. The van der Waals surface area contributed by atoms with Gasteiger partial charge in [-0.15, -0.1) is 11.3 Å². The van der Waals surface area contributed by atoms with Gasteiger partial charge in [0.15, 0.2) is 0 Å². The molecule has 0 aliphatic rings. The van der Waals surface area contributed by atoms with Crippen LogP contribution in [-0.2, 0) is 4.74 Å². The summed E-state index contributed by atoms with van der Waals surface area (Å²) in [5.41, 5.74) is 5.29. The van der Waals surface area contributed by atoms with Crippen molar-refractivity contribution in [2.75, 3.05) is 32.2 Å². The van der Waals surface area contributed by atoms with Crippen molar-refractivity contribution in [2.45, 2.75) is 19.8 Å². The Bertz CT molecular complexity index is 524. The zero-order valence-electron chi connectivity index (χ0n) is 11.3. The number of nitrogens with zero attached hydrogens (tertiary/aromatic N) is 3. The molecule has 0 bridgehead atoms. The highest BCUT2D eigenvalue weighted by molar-refractivity contribution is 7.16. The highest BCUT2D eigenvalue weighted by Crippen LogP contribution is 2.33. The Hall–Kier alpha value is -1.20. The van der Waals surface area contributed by atoms with Gasteiger partial charge in [-0.1, -0.05) is 13.8 Å². The summed E-state index contributed by atoms with van der Waals surface area (Å²) < 4.78 is 5.15. The summed E-state index contributed by atoms with van der Waals surface area (Å²) in [6, 6.07) is 0. The van der Waals surface area contributed by atoms with Crippen molar-refractivity contribution >= 4 is 27.4 Å². The van der Waals surface area contributed by atoms with Gasteiger partial charge in [-0.05, 0) is 11.5 Å². The fourth-order valence-corrected chi connectivity index (χ4v) is 2.62. The van der Waals surface area contributed by atoms with Crippen LogP contribution in [0.1, 0.15) is 25.3 Å². The van der Waals surface area contributed by atoms with E-state index in [4.69, 9.17) is 4.74 Å². The summed E-state index contributed by atoms with van der Waals surface area (Å²) >= 11 is 1.58. The standard InChI is InChI=1S/C13H19N3OS/c1-9(2)10-7-14-13-11(15-8-18-13)12(10)16(3)5-6-17-4/h7-9H,5-6H2,1-4H3. The molecule has 0 radical (unpaired) electrons.